The van der Waals surface area contributed by atoms with Crippen LogP contribution in [0.3, 0.4) is 0 Å². The van der Waals surface area contributed by atoms with Gasteiger partial charge < -0.3 is 5.32 Å². The molecule has 2 aliphatic rings. The fourth-order valence-electron chi connectivity index (χ4n) is 3.01. The summed E-state index contributed by atoms with van der Waals surface area (Å²) in [5.74, 6) is 2.76. The van der Waals surface area contributed by atoms with Crippen molar-refractivity contribution in [1.82, 2.24) is 5.32 Å². The highest BCUT2D eigenvalue weighted by Gasteiger charge is 2.53. The van der Waals surface area contributed by atoms with Gasteiger partial charge in [0.15, 0.2) is 0 Å². The van der Waals surface area contributed by atoms with Crippen LogP contribution in [0, 0.1) is 11.8 Å². The number of benzene rings is 1. The highest BCUT2D eigenvalue weighted by Crippen LogP contribution is 2.57. The average Bonchev–Trinajstić information content (AvgIpc) is 2.71. The number of nitrogens with one attached hydrogen (secondary N) is 1. The predicted octanol–water partition coefficient (Wildman–Crippen LogP) is 2.83. The van der Waals surface area contributed by atoms with Gasteiger partial charge in [-0.05, 0) is 42.4 Å². The molecule has 0 radical (unpaired) electrons. The van der Waals surface area contributed by atoms with Crippen LogP contribution in [0.1, 0.15) is 10.8 Å². The second-order valence-electron chi connectivity index (χ2n) is 4.70. The summed E-state index contributed by atoms with van der Waals surface area (Å²) in [4.78, 5) is 1.62. The van der Waals surface area contributed by atoms with E-state index >= 15 is 0 Å². The molecular formula is C13H13NS. The van der Waals surface area contributed by atoms with Gasteiger partial charge in [0.05, 0.1) is 0 Å². The van der Waals surface area contributed by atoms with Crippen LogP contribution in [-0.2, 0) is 0 Å². The summed E-state index contributed by atoms with van der Waals surface area (Å²) < 4.78 is 1.45. The first-order valence-corrected chi connectivity index (χ1v) is 6.44. The van der Waals surface area contributed by atoms with E-state index in [1.165, 1.54) is 23.2 Å². The molecule has 76 valence electrons. The molecule has 2 heteroatoms. The lowest BCUT2D eigenvalue weighted by Crippen LogP contribution is -2.13. The molecule has 1 aliphatic heterocycles. The second kappa shape index (κ2) is 2.83. The molecule has 1 saturated carbocycles. The molecule has 1 saturated heterocycles. The van der Waals surface area contributed by atoms with Crippen molar-refractivity contribution in [2.45, 2.75) is 5.92 Å². The first-order chi connectivity index (χ1) is 7.43. The summed E-state index contributed by atoms with van der Waals surface area (Å²) in [7, 11) is 0. The van der Waals surface area contributed by atoms with Crippen LogP contribution in [0.25, 0.3) is 10.1 Å². The van der Waals surface area contributed by atoms with Crippen molar-refractivity contribution in [2.75, 3.05) is 13.1 Å². The Bertz CT molecular complexity index is 473. The molecule has 1 aromatic heterocycles. The van der Waals surface area contributed by atoms with Crippen molar-refractivity contribution >= 4 is 21.4 Å². The first kappa shape index (κ1) is 8.31. The summed E-state index contributed by atoms with van der Waals surface area (Å²) in [5, 5.41) is 4.89. The number of piperidine rings is 1. The van der Waals surface area contributed by atoms with E-state index < -0.39 is 0 Å². The number of hydrogen-bond acceptors (Lipinski definition) is 2. The van der Waals surface area contributed by atoms with Gasteiger partial charge >= 0.3 is 0 Å². The lowest BCUT2D eigenvalue weighted by atomic mass is 10.2. The van der Waals surface area contributed by atoms with Crippen molar-refractivity contribution in [2.24, 2.45) is 11.8 Å². The van der Waals surface area contributed by atoms with Crippen LogP contribution in [0.2, 0.25) is 0 Å². The highest BCUT2D eigenvalue weighted by atomic mass is 32.1. The first-order valence-electron chi connectivity index (χ1n) is 5.63. The summed E-state index contributed by atoms with van der Waals surface area (Å²) >= 11 is 2.00. The summed E-state index contributed by atoms with van der Waals surface area (Å²) in [5.41, 5.74) is 0. The Labute approximate surface area is 93.1 Å². The Morgan fingerprint density at radius 3 is 2.73 bits per heavy atom. The van der Waals surface area contributed by atoms with Crippen LogP contribution in [0.15, 0.2) is 30.3 Å². The maximum Gasteiger partial charge on any atom is 0.0345 e. The normalized spacial score (nSPS) is 33.2. The van der Waals surface area contributed by atoms with Crippen LogP contribution >= 0.6 is 11.3 Å². The molecule has 2 heterocycles. The van der Waals surface area contributed by atoms with Crippen molar-refractivity contribution < 1.29 is 0 Å². The summed E-state index contributed by atoms with van der Waals surface area (Å²) in [6, 6.07) is 11.1. The van der Waals surface area contributed by atoms with Crippen LogP contribution in [0.5, 0.6) is 0 Å². The molecule has 0 spiro atoms. The maximum absolute atomic E-state index is 3.46. The molecule has 2 atom stereocenters. The van der Waals surface area contributed by atoms with E-state index in [1.807, 2.05) is 11.3 Å². The molecule has 15 heavy (non-hydrogen) atoms. The smallest absolute Gasteiger partial charge is 0.0345 e. The second-order valence-corrected chi connectivity index (χ2v) is 5.81. The number of hydrogen-bond donors (Lipinski definition) is 1. The largest absolute Gasteiger partial charge is 0.316 e. The number of fused-ring (bicyclic) bond motifs is 2. The number of thiophene rings is 1. The van der Waals surface area contributed by atoms with E-state index in [-0.39, 0.29) is 0 Å². The highest BCUT2D eigenvalue weighted by molar-refractivity contribution is 7.19. The minimum atomic E-state index is 0.878. The molecule has 2 fully saturated rings. The third-order valence-electron chi connectivity index (χ3n) is 3.86. The third kappa shape index (κ3) is 1.12. The van der Waals surface area contributed by atoms with Gasteiger partial charge in [-0.15, -0.1) is 11.3 Å². The molecule has 4 rings (SSSR count). The van der Waals surface area contributed by atoms with Crippen molar-refractivity contribution in [3.8, 4) is 0 Å². The predicted molar refractivity (Wildman–Crippen MR) is 64.4 cm³/mol. The minimum absolute atomic E-state index is 0.878. The van der Waals surface area contributed by atoms with Crippen LogP contribution < -0.4 is 5.32 Å². The molecule has 0 bridgehead atoms. The molecule has 2 unspecified atom stereocenters. The lowest BCUT2D eigenvalue weighted by molar-refractivity contribution is 0.690. The monoisotopic (exact) mass is 215 g/mol. The Kier molecular flexibility index (Phi) is 1.57. The van der Waals surface area contributed by atoms with Crippen molar-refractivity contribution in [1.29, 1.82) is 0 Å². The Morgan fingerprint density at radius 1 is 1.13 bits per heavy atom. The van der Waals surface area contributed by atoms with E-state index in [2.05, 4.69) is 35.6 Å². The lowest BCUT2D eigenvalue weighted by Gasteiger charge is -1.99. The van der Waals surface area contributed by atoms with Gasteiger partial charge in [-0.2, -0.15) is 0 Å². The van der Waals surface area contributed by atoms with E-state index in [9.17, 15) is 0 Å². The van der Waals surface area contributed by atoms with Gasteiger partial charge in [-0.3, -0.25) is 0 Å². The van der Waals surface area contributed by atoms with Crippen LogP contribution in [-0.4, -0.2) is 13.1 Å². The van der Waals surface area contributed by atoms with E-state index in [0.717, 1.165) is 17.8 Å². The summed E-state index contributed by atoms with van der Waals surface area (Å²) in [6.45, 7) is 2.48. The standard InChI is InChI=1S/C13H13NS/c1-2-4-11-8(3-1)5-12(15-11)13-9-6-14-7-10(9)13/h1-5,9-10,13-14H,6-7H2. The zero-order valence-corrected chi connectivity index (χ0v) is 9.26. The quantitative estimate of drug-likeness (QED) is 0.771. The molecule has 2 aromatic rings. The van der Waals surface area contributed by atoms with Gasteiger partial charge in [0.1, 0.15) is 0 Å². The van der Waals surface area contributed by atoms with Gasteiger partial charge in [0.25, 0.3) is 0 Å². The SMILES string of the molecule is c1ccc2sc(C3C4CNCC43)cc2c1. The summed E-state index contributed by atoms with van der Waals surface area (Å²) in [6.07, 6.45) is 0. The molecule has 1 aliphatic carbocycles. The van der Waals surface area contributed by atoms with Gasteiger partial charge in [-0.25, -0.2) is 0 Å². The number of rotatable bonds is 1. The topological polar surface area (TPSA) is 12.0 Å². The zero-order chi connectivity index (χ0) is 9.83. The molecular weight excluding hydrogens is 202 g/mol. The van der Waals surface area contributed by atoms with Gasteiger partial charge in [0, 0.05) is 15.5 Å². The Balaban J connectivity index is 1.77. The zero-order valence-electron chi connectivity index (χ0n) is 8.44. The van der Waals surface area contributed by atoms with Gasteiger partial charge in [-0.1, -0.05) is 18.2 Å². The molecule has 0 amide bonds. The van der Waals surface area contributed by atoms with Crippen molar-refractivity contribution in [3.05, 3.63) is 35.2 Å². The third-order valence-corrected chi connectivity index (χ3v) is 5.08. The van der Waals surface area contributed by atoms with E-state index in [1.54, 1.807) is 4.88 Å². The van der Waals surface area contributed by atoms with Gasteiger partial charge in [0.2, 0.25) is 0 Å². The van der Waals surface area contributed by atoms with Crippen molar-refractivity contribution in [3.63, 3.8) is 0 Å². The van der Waals surface area contributed by atoms with E-state index in [4.69, 9.17) is 0 Å². The fourth-order valence-corrected chi connectivity index (χ4v) is 4.32. The molecule has 1 N–H and O–H groups in total. The Morgan fingerprint density at radius 2 is 1.93 bits per heavy atom. The minimum Gasteiger partial charge on any atom is -0.316 e. The van der Waals surface area contributed by atoms with E-state index in [0.29, 0.717) is 0 Å². The molecule has 1 aromatic carbocycles. The van der Waals surface area contributed by atoms with Crippen LogP contribution in [0.4, 0.5) is 0 Å². The Hall–Kier alpha value is -0.860. The average molecular weight is 215 g/mol. The maximum atomic E-state index is 3.46. The fraction of sp³-hybridized carbons (Fsp3) is 0.385. The molecule has 1 nitrogen and oxygen atoms in total.